The molecule has 2 aromatic rings. The van der Waals surface area contributed by atoms with E-state index in [0.717, 1.165) is 19.3 Å². The van der Waals surface area contributed by atoms with Crippen LogP contribution in [0.4, 0.5) is 0 Å². The molecule has 21 heavy (non-hydrogen) atoms. The van der Waals surface area contributed by atoms with Gasteiger partial charge in [0.15, 0.2) is 5.69 Å². The fraction of sp³-hybridized carbons (Fsp3) is 0.438. The van der Waals surface area contributed by atoms with E-state index in [9.17, 15) is 9.59 Å². The molecule has 0 radical (unpaired) electrons. The highest BCUT2D eigenvalue weighted by Crippen LogP contribution is 2.24. The molecule has 1 aliphatic carbocycles. The van der Waals surface area contributed by atoms with Gasteiger partial charge >= 0.3 is 0 Å². The summed E-state index contributed by atoms with van der Waals surface area (Å²) >= 11 is 0. The summed E-state index contributed by atoms with van der Waals surface area (Å²) < 4.78 is 0. The molecular weight excluding hydrogens is 266 g/mol. The van der Waals surface area contributed by atoms with Crippen LogP contribution in [0.25, 0.3) is 10.8 Å². The molecule has 1 aromatic heterocycles. The van der Waals surface area contributed by atoms with Gasteiger partial charge in [-0.1, -0.05) is 38.0 Å². The summed E-state index contributed by atoms with van der Waals surface area (Å²) in [6, 6.07) is 7.25. The van der Waals surface area contributed by atoms with Crippen LogP contribution >= 0.6 is 0 Å². The van der Waals surface area contributed by atoms with Gasteiger partial charge in [0.05, 0.1) is 5.39 Å². The van der Waals surface area contributed by atoms with Crippen molar-refractivity contribution in [2.75, 3.05) is 0 Å². The average molecular weight is 285 g/mol. The lowest BCUT2D eigenvalue weighted by atomic mass is 9.86. The number of carbonyl (C=O) groups is 1. The second kappa shape index (κ2) is 5.68. The minimum Gasteiger partial charge on any atom is -0.348 e. The molecule has 110 valence electrons. The lowest BCUT2D eigenvalue weighted by Gasteiger charge is -2.29. The Hall–Kier alpha value is -2.17. The second-order valence-electron chi connectivity index (χ2n) is 5.79. The van der Waals surface area contributed by atoms with Gasteiger partial charge in [0, 0.05) is 11.4 Å². The third kappa shape index (κ3) is 2.68. The maximum atomic E-state index is 12.5. The summed E-state index contributed by atoms with van der Waals surface area (Å²) in [5, 5.41) is 10.5. The van der Waals surface area contributed by atoms with E-state index in [-0.39, 0.29) is 17.5 Å². The van der Waals surface area contributed by atoms with Gasteiger partial charge in [-0.25, -0.2) is 5.10 Å². The number of aromatic amines is 1. The van der Waals surface area contributed by atoms with E-state index in [1.807, 2.05) is 6.07 Å². The molecule has 1 fully saturated rings. The topological polar surface area (TPSA) is 74.8 Å². The van der Waals surface area contributed by atoms with Crippen LogP contribution in [0.3, 0.4) is 0 Å². The number of rotatable bonds is 2. The molecule has 3 rings (SSSR count). The van der Waals surface area contributed by atoms with Crippen molar-refractivity contribution in [2.45, 2.75) is 38.6 Å². The molecule has 0 saturated heterocycles. The highest BCUT2D eigenvalue weighted by atomic mass is 16.2. The minimum absolute atomic E-state index is 0.193. The van der Waals surface area contributed by atoms with E-state index >= 15 is 0 Å². The normalized spacial score (nSPS) is 22.1. The molecule has 5 heteroatoms. The lowest BCUT2D eigenvalue weighted by molar-refractivity contribution is 0.0906. The first-order chi connectivity index (χ1) is 10.2. The first-order valence-electron chi connectivity index (χ1n) is 7.45. The van der Waals surface area contributed by atoms with Gasteiger partial charge in [-0.05, 0) is 24.8 Å². The number of hydrogen-bond acceptors (Lipinski definition) is 3. The largest absolute Gasteiger partial charge is 0.348 e. The van der Waals surface area contributed by atoms with Gasteiger partial charge in [0.25, 0.3) is 11.5 Å². The first kappa shape index (κ1) is 13.8. The lowest BCUT2D eigenvalue weighted by Crippen LogP contribution is -2.41. The summed E-state index contributed by atoms with van der Waals surface area (Å²) in [7, 11) is 0. The van der Waals surface area contributed by atoms with Crippen molar-refractivity contribution in [2.24, 2.45) is 5.92 Å². The molecule has 0 spiro atoms. The van der Waals surface area contributed by atoms with E-state index < -0.39 is 0 Å². The van der Waals surface area contributed by atoms with Crippen molar-refractivity contribution in [3.8, 4) is 0 Å². The number of carbonyl (C=O) groups excluding carboxylic acids is 1. The molecule has 0 unspecified atom stereocenters. The van der Waals surface area contributed by atoms with Gasteiger partial charge in [0.1, 0.15) is 0 Å². The number of H-pyrrole nitrogens is 1. The van der Waals surface area contributed by atoms with E-state index in [1.54, 1.807) is 18.2 Å². The Morgan fingerprint density at radius 3 is 2.71 bits per heavy atom. The van der Waals surface area contributed by atoms with Crippen LogP contribution in [0.5, 0.6) is 0 Å². The van der Waals surface area contributed by atoms with Crippen LogP contribution in [0.1, 0.15) is 43.1 Å². The van der Waals surface area contributed by atoms with Crippen LogP contribution in [0, 0.1) is 5.92 Å². The zero-order valence-electron chi connectivity index (χ0n) is 12.1. The van der Waals surface area contributed by atoms with E-state index in [1.165, 1.54) is 6.42 Å². The van der Waals surface area contributed by atoms with Crippen molar-refractivity contribution >= 4 is 16.7 Å². The van der Waals surface area contributed by atoms with Crippen molar-refractivity contribution in [3.05, 3.63) is 40.3 Å². The van der Waals surface area contributed by atoms with E-state index in [2.05, 4.69) is 22.4 Å². The molecule has 5 nitrogen and oxygen atoms in total. The molecule has 1 aromatic carbocycles. The predicted octanol–water partition coefficient (Wildman–Crippen LogP) is 2.23. The van der Waals surface area contributed by atoms with Crippen molar-refractivity contribution in [3.63, 3.8) is 0 Å². The standard InChI is InChI=1S/C16H19N3O2/c1-10-6-2-5-9-13(10)17-16(21)14-11-7-3-4-8-12(11)15(20)19-18-14/h3-4,7-8,10,13H,2,5-6,9H2,1H3,(H,17,21)(H,19,20)/t10-,13-/m1/s1. The Morgan fingerprint density at radius 1 is 1.24 bits per heavy atom. The zero-order chi connectivity index (χ0) is 14.8. The fourth-order valence-electron chi connectivity index (χ4n) is 3.06. The van der Waals surface area contributed by atoms with E-state index in [0.29, 0.717) is 22.4 Å². The number of nitrogens with zero attached hydrogens (tertiary/aromatic N) is 1. The Balaban J connectivity index is 1.91. The molecular formula is C16H19N3O2. The SMILES string of the molecule is C[C@@H]1CCCC[C@H]1NC(=O)c1n[nH]c(=O)c2ccccc12. The summed E-state index contributed by atoms with van der Waals surface area (Å²) in [6.45, 7) is 2.17. The fourth-order valence-corrected chi connectivity index (χ4v) is 3.06. The number of aromatic nitrogens is 2. The Kier molecular flexibility index (Phi) is 3.73. The number of amides is 1. The Labute approximate surface area is 122 Å². The summed E-state index contributed by atoms with van der Waals surface area (Å²) in [5.41, 5.74) is 0.0242. The van der Waals surface area contributed by atoms with Gasteiger partial charge in [-0.3, -0.25) is 9.59 Å². The minimum atomic E-state index is -0.270. The Bertz CT molecular complexity index is 723. The van der Waals surface area contributed by atoms with Crippen LogP contribution in [-0.2, 0) is 0 Å². The quantitative estimate of drug-likeness (QED) is 0.888. The summed E-state index contributed by atoms with van der Waals surface area (Å²) in [4.78, 5) is 24.2. The zero-order valence-corrected chi connectivity index (χ0v) is 12.1. The van der Waals surface area contributed by atoms with Gasteiger partial charge in [-0.2, -0.15) is 5.10 Å². The molecule has 1 heterocycles. The molecule has 1 amide bonds. The molecule has 2 N–H and O–H groups in total. The molecule has 0 bridgehead atoms. The number of nitrogens with one attached hydrogen (secondary N) is 2. The number of hydrogen-bond donors (Lipinski definition) is 2. The monoisotopic (exact) mass is 285 g/mol. The third-order valence-electron chi connectivity index (χ3n) is 4.34. The Morgan fingerprint density at radius 2 is 1.95 bits per heavy atom. The van der Waals surface area contributed by atoms with Crippen LogP contribution in [0.15, 0.2) is 29.1 Å². The van der Waals surface area contributed by atoms with Crippen molar-refractivity contribution in [1.29, 1.82) is 0 Å². The number of benzene rings is 1. The van der Waals surface area contributed by atoms with Crippen molar-refractivity contribution < 1.29 is 4.79 Å². The van der Waals surface area contributed by atoms with Crippen LogP contribution in [0.2, 0.25) is 0 Å². The predicted molar refractivity (Wildman–Crippen MR) is 81.2 cm³/mol. The average Bonchev–Trinajstić information content (AvgIpc) is 2.50. The van der Waals surface area contributed by atoms with Crippen molar-refractivity contribution in [1.82, 2.24) is 15.5 Å². The molecule has 2 atom stereocenters. The molecule has 1 saturated carbocycles. The third-order valence-corrected chi connectivity index (χ3v) is 4.34. The van der Waals surface area contributed by atoms with Crippen LogP contribution in [-0.4, -0.2) is 22.1 Å². The van der Waals surface area contributed by atoms with Gasteiger partial charge in [-0.15, -0.1) is 0 Å². The van der Waals surface area contributed by atoms with Gasteiger partial charge < -0.3 is 5.32 Å². The summed E-state index contributed by atoms with van der Waals surface area (Å²) in [5.74, 6) is 0.276. The van der Waals surface area contributed by atoms with Crippen LogP contribution < -0.4 is 10.9 Å². The smallest absolute Gasteiger partial charge is 0.272 e. The highest BCUT2D eigenvalue weighted by molar-refractivity contribution is 6.04. The first-order valence-corrected chi connectivity index (χ1v) is 7.45. The second-order valence-corrected chi connectivity index (χ2v) is 5.79. The molecule has 1 aliphatic rings. The maximum Gasteiger partial charge on any atom is 0.272 e. The van der Waals surface area contributed by atoms with E-state index in [4.69, 9.17) is 0 Å². The number of fused-ring (bicyclic) bond motifs is 1. The maximum absolute atomic E-state index is 12.5. The highest BCUT2D eigenvalue weighted by Gasteiger charge is 2.24. The summed E-state index contributed by atoms with van der Waals surface area (Å²) in [6.07, 6.45) is 4.53. The molecule has 0 aliphatic heterocycles. The van der Waals surface area contributed by atoms with Gasteiger partial charge in [0.2, 0.25) is 0 Å².